The maximum atomic E-state index is 3.77. The van der Waals surface area contributed by atoms with Gasteiger partial charge in [0.1, 0.15) is 0 Å². The second kappa shape index (κ2) is 4.50. The van der Waals surface area contributed by atoms with Crippen LogP contribution in [0, 0.1) is 0 Å². The van der Waals surface area contributed by atoms with Gasteiger partial charge in [-0.15, -0.1) is 0 Å². The van der Waals surface area contributed by atoms with Crippen LogP contribution in [0.4, 0.5) is 0 Å². The van der Waals surface area contributed by atoms with E-state index in [1.807, 2.05) is 0 Å². The predicted octanol–water partition coefficient (Wildman–Crippen LogP) is 2.03. The van der Waals surface area contributed by atoms with E-state index in [0.717, 1.165) is 12.0 Å². The maximum Gasteiger partial charge on any atom is 0.0806 e. The molecule has 0 atom stereocenters. The zero-order chi connectivity index (χ0) is 6.41. The highest BCUT2D eigenvalue weighted by atomic mass is 15.1. The molecule has 0 N–H and O–H groups in total. The van der Waals surface area contributed by atoms with Gasteiger partial charge < -0.3 is 0 Å². The summed E-state index contributed by atoms with van der Waals surface area (Å²) < 4.78 is 0. The van der Waals surface area contributed by atoms with Crippen LogP contribution in [-0.2, 0) is 0 Å². The summed E-state index contributed by atoms with van der Waals surface area (Å²) in [6.07, 6.45) is 0.999. The maximum absolute atomic E-state index is 3.77. The zero-order valence-corrected chi connectivity index (χ0v) is 5.52. The van der Waals surface area contributed by atoms with Gasteiger partial charge in [0.2, 0.25) is 0 Å². The lowest BCUT2D eigenvalue weighted by Crippen LogP contribution is -1.81. The fourth-order valence-electron chi connectivity index (χ4n) is 0.283. The van der Waals surface area contributed by atoms with Crippen LogP contribution in [0.5, 0.6) is 0 Å². The van der Waals surface area contributed by atoms with Gasteiger partial charge in [-0.05, 0) is 6.42 Å². The molecule has 0 aromatic rings. The fraction of sp³-hybridized carbons (Fsp3) is 0.667. The van der Waals surface area contributed by atoms with E-state index in [2.05, 4.69) is 23.7 Å². The minimum Gasteiger partial charge on any atom is -0.197 e. The van der Waals surface area contributed by atoms with Crippen LogP contribution in [0.25, 0.3) is 0 Å². The van der Waals surface area contributed by atoms with E-state index in [4.69, 9.17) is 0 Å². The second-order valence-electron chi connectivity index (χ2n) is 1.60. The van der Waals surface area contributed by atoms with Gasteiger partial charge in [-0.3, -0.25) is 0 Å². The minimum atomic E-state index is 0.688. The van der Waals surface area contributed by atoms with E-state index >= 15 is 0 Å². The van der Waals surface area contributed by atoms with E-state index in [-0.39, 0.29) is 0 Å². The van der Waals surface area contributed by atoms with Gasteiger partial charge in [0, 0.05) is 7.05 Å². The third-order valence-electron chi connectivity index (χ3n) is 0.936. The van der Waals surface area contributed by atoms with E-state index < -0.39 is 0 Å². The molecule has 0 aromatic heterocycles. The van der Waals surface area contributed by atoms with Crippen LogP contribution >= 0.6 is 0 Å². The van der Waals surface area contributed by atoms with Crippen molar-refractivity contribution in [2.24, 2.45) is 10.2 Å². The van der Waals surface area contributed by atoms with Crippen LogP contribution in [0.15, 0.2) is 22.4 Å². The summed E-state index contributed by atoms with van der Waals surface area (Å²) in [5, 5.41) is 7.36. The van der Waals surface area contributed by atoms with Gasteiger partial charge in [-0.1, -0.05) is 19.1 Å². The fourth-order valence-corrected chi connectivity index (χ4v) is 0.283. The molecule has 0 saturated heterocycles. The third kappa shape index (κ3) is 3.53. The minimum absolute atomic E-state index is 0.688. The third-order valence-corrected chi connectivity index (χ3v) is 0.936. The monoisotopic (exact) mass is 112 g/mol. The Morgan fingerprint density at radius 1 is 1.62 bits per heavy atom. The lowest BCUT2D eigenvalue weighted by Gasteiger charge is -1.90. The summed E-state index contributed by atoms with van der Waals surface area (Å²) in [7, 11) is 1.67. The van der Waals surface area contributed by atoms with Crippen molar-refractivity contribution in [1.82, 2.24) is 0 Å². The highest BCUT2D eigenvalue weighted by Gasteiger charge is 1.83. The van der Waals surface area contributed by atoms with E-state index in [9.17, 15) is 0 Å². The van der Waals surface area contributed by atoms with Gasteiger partial charge in [0.25, 0.3) is 0 Å². The molecular weight excluding hydrogens is 100 g/mol. The number of hydrogen-bond donors (Lipinski definition) is 0. The molecule has 46 valence electrons. The molecule has 0 aliphatic carbocycles. The Balaban J connectivity index is 3.25. The Labute approximate surface area is 50.3 Å². The number of azo groups is 1. The Bertz CT molecular complexity index is 94.7. The summed E-state index contributed by atoms with van der Waals surface area (Å²) in [6.45, 7) is 6.51. The van der Waals surface area contributed by atoms with Crippen LogP contribution in [-0.4, -0.2) is 13.6 Å². The summed E-state index contributed by atoms with van der Waals surface area (Å²) in [4.78, 5) is 0. The van der Waals surface area contributed by atoms with Gasteiger partial charge in [0.05, 0.1) is 6.54 Å². The molecule has 2 heteroatoms. The largest absolute Gasteiger partial charge is 0.197 e. The van der Waals surface area contributed by atoms with Gasteiger partial charge in [0.15, 0.2) is 0 Å². The highest BCUT2D eigenvalue weighted by Crippen LogP contribution is 1.95. The number of hydrogen-bond acceptors (Lipinski definition) is 2. The smallest absolute Gasteiger partial charge is 0.0806 e. The Morgan fingerprint density at radius 2 is 2.25 bits per heavy atom. The van der Waals surface area contributed by atoms with Crippen LogP contribution in [0.1, 0.15) is 13.3 Å². The molecule has 0 heterocycles. The lowest BCUT2D eigenvalue weighted by atomic mass is 10.2. The van der Waals surface area contributed by atoms with Crippen LogP contribution in [0.2, 0.25) is 0 Å². The first kappa shape index (κ1) is 7.34. The van der Waals surface area contributed by atoms with Gasteiger partial charge in [-0.25, -0.2) is 0 Å². The summed E-state index contributed by atoms with van der Waals surface area (Å²) in [6, 6.07) is 0. The summed E-state index contributed by atoms with van der Waals surface area (Å²) in [5.41, 5.74) is 1.13. The SMILES string of the molecule is C=C(CC)CN=NC. The molecule has 2 nitrogen and oxygen atoms in total. The lowest BCUT2D eigenvalue weighted by molar-refractivity contribution is 0.939. The molecule has 0 fully saturated rings. The first-order valence-corrected chi connectivity index (χ1v) is 2.73. The molecule has 0 unspecified atom stereocenters. The van der Waals surface area contributed by atoms with Crippen molar-refractivity contribution in [2.75, 3.05) is 13.6 Å². The first-order chi connectivity index (χ1) is 3.81. The molecule has 0 radical (unpaired) electrons. The first-order valence-electron chi connectivity index (χ1n) is 2.73. The Kier molecular flexibility index (Phi) is 4.13. The molecule has 0 bridgehead atoms. The zero-order valence-electron chi connectivity index (χ0n) is 5.52. The number of rotatable bonds is 3. The van der Waals surface area contributed by atoms with E-state index in [1.54, 1.807) is 7.05 Å². The van der Waals surface area contributed by atoms with E-state index in [0.29, 0.717) is 6.54 Å². The van der Waals surface area contributed by atoms with E-state index in [1.165, 1.54) is 0 Å². The second-order valence-corrected chi connectivity index (χ2v) is 1.60. The molecule has 0 aliphatic rings. The molecule has 0 aliphatic heterocycles. The van der Waals surface area contributed by atoms with Crippen molar-refractivity contribution >= 4 is 0 Å². The molecular formula is C6H12N2. The van der Waals surface area contributed by atoms with Crippen molar-refractivity contribution in [3.63, 3.8) is 0 Å². The van der Waals surface area contributed by atoms with Crippen LogP contribution < -0.4 is 0 Å². The standard InChI is InChI=1S/C6H12N2/c1-4-6(2)5-8-7-3/h2,4-5H2,1,3H3. The molecule has 0 amide bonds. The summed E-state index contributed by atoms with van der Waals surface area (Å²) in [5.74, 6) is 0. The molecule has 8 heavy (non-hydrogen) atoms. The average Bonchev–Trinajstić information content (AvgIpc) is 1.83. The van der Waals surface area contributed by atoms with Crippen molar-refractivity contribution in [3.8, 4) is 0 Å². The molecule has 0 spiro atoms. The summed E-state index contributed by atoms with van der Waals surface area (Å²) >= 11 is 0. The molecule has 0 saturated carbocycles. The molecule has 0 aromatic carbocycles. The van der Waals surface area contributed by atoms with Gasteiger partial charge in [-0.2, -0.15) is 10.2 Å². The number of nitrogens with zero attached hydrogens (tertiary/aromatic N) is 2. The van der Waals surface area contributed by atoms with Gasteiger partial charge >= 0.3 is 0 Å². The Morgan fingerprint density at radius 3 is 2.62 bits per heavy atom. The van der Waals surface area contributed by atoms with Crippen molar-refractivity contribution in [2.45, 2.75) is 13.3 Å². The van der Waals surface area contributed by atoms with Crippen LogP contribution in [0.3, 0.4) is 0 Å². The normalized spacial score (nSPS) is 10.2. The predicted molar refractivity (Wildman–Crippen MR) is 35.1 cm³/mol. The topological polar surface area (TPSA) is 24.7 Å². The average molecular weight is 112 g/mol. The highest BCUT2D eigenvalue weighted by molar-refractivity contribution is 4.94. The quantitative estimate of drug-likeness (QED) is 0.394. The molecule has 0 rings (SSSR count). The van der Waals surface area contributed by atoms with Crippen molar-refractivity contribution in [1.29, 1.82) is 0 Å². The van der Waals surface area contributed by atoms with Crippen molar-refractivity contribution in [3.05, 3.63) is 12.2 Å². The Hall–Kier alpha value is -0.660. The van der Waals surface area contributed by atoms with Crippen molar-refractivity contribution < 1.29 is 0 Å².